The summed E-state index contributed by atoms with van der Waals surface area (Å²) in [4.78, 5) is 23.5. The van der Waals surface area contributed by atoms with Crippen molar-refractivity contribution >= 4 is 33.5 Å². The summed E-state index contributed by atoms with van der Waals surface area (Å²) in [5.74, 6) is -2.95. The van der Waals surface area contributed by atoms with E-state index in [-0.39, 0.29) is 17.4 Å². The smallest absolute Gasteiger partial charge is 0.316 e. The number of amides is 1. The number of carbonyl (C=O) groups excluding carboxylic acids is 1. The van der Waals surface area contributed by atoms with Gasteiger partial charge < -0.3 is 15.5 Å². The summed E-state index contributed by atoms with van der Waals surface area (Å²) in [5.41, 5.74) is 0.216. The van der Waals surface area contributed by atoms with Gasteiger partial charge >= 0.3 is 5.97 Å². The maximum Gasteiger partial charge on any atom is 0.316 e. The van der Waals surface area contributed by atoms with Crippen molar-refractivity contribution in [3.8, 4) is 5.75 Å². The first kappa shape index (κ1) is 14.8. The van der Waals surface area contributed by atoms with Crippen LogP contribution in [-0.2, 0) is 9.59 Å². The molecular weight excluding hydrogens is 326 g/mol. The van der Waals surface area contributed by atoms with Crippen LogP contribution in [-0.4, -0.2) is 22.1 Å². The van der Waals surface area contributed by atoms with Gasteiger partial charge in [-0.05, 0) is 37.0 Å². The Morgan fingerprint density at radius 1 is 1.30 bits per heavy atom. The number of anilines is 1. The topological polar surface area (TPSA) is 86.6 Å². The fourth-order valence-electron chi connectivity index (χ4n) is 2.64. The van der Waals surface area contributed by atoms with E-state index in [1.165, 1.54) is 6.07 Å². The number of aromatic hydroxyl groups is 1. The van der Waals surface area contributed by atoms with Crippen molar-refractivity contribution in [2.24, 2.45) is 11.8 Å². The number of halogens is 1. The van der Waals surface area contributed by atoms with Crippen LogP contribution in [0, 0.1) is 11.8 Å². The zero-order chi connectivity index (χ0) is 14.7. The summed E-state index contributed by atoms with van der Waals surface area (Å²) in [6, 6.07) is 4.61. The number of hydrogen-bond acceptors (Lipinski definition) is 3. The SMILES string of the molecule is O=C(O)C(C(=O)Nc1cc(Br)ccc1O)C1CCCC1. The molecule has 1 amide bonds. The van der Waals surface area contributed by atoms with Gasteiger partial charge in [-0.15, -0.1) is 0 Å². The molecule has 1 aromatic rings. The Balaban J connectivity index is 2.16. The van der Waals surface area contributed by atoms with Crippen molar-refractivity contribution in [3.63, 3.8) is 0 Å². The quantitative estimate of drug-likeness (QED) is 0.580. The molecular formula is C14H16BrNO4. The maximum absolute atomic E-state index is 12.2. The second kappa shape index (κ2) is 6.26. The molecule has 0 radical (unpaired) electrons. The molecule has 0 saturated heterocycles. The van der Waals surface area contributed by atoms with Crippen molar-refractivity contribution in [2.45, 2.75) is 25.7 Å². The maximum atomic E-state index is 12.2. The van der Waals surface area contributed by atoms with Gasteiger partial charge in [-0.2, -0.15) is 0 Å². The number of nitrogens with one attached hydrogen (secondary N) is 1. The standard InChI is InChI=1S/C14H16BrNO4/c15-9-5-6-11(17)10(7-9)16-13(18)12(14(19)20)8-3-1-2-4-8/h5-8,12,17H,1-4H2,(H,16,18)(H,19,20). The minimum absolute atomic E-state index is 0.0860. The lowest BCUT2D eigenvalue weighted by Crippen LogP contribution is -2.34. The van der Waals surface area contributed by atoms with Crippen LogP contribution >= 0.6 is 15.9 Å². The van der Waals surface area contributed by atoms with Crippen LogP contribution < -0.4 is 5.32 Å². The van der Waals surface area contributed by atoms with Crippen LogP contribution in [0.25, 0.3) is 0 Å². The van der Waals surface area contributed by atoms with Gasteiger partial charge in [0.25, 0.3) is 0 Å². The predicted octanol–water partition coefficient (Wildman–Crippen LogP) is 2.98. The van der Waals surface area contributed by atoms with Gasteiger partial charge in [0.05, 0.1) is 5.69 Å². The molecule has 6 heteroatoms. The molecule has 108 valence electrons. The molecule has 1 aromatic carbocycles. The number of carboxylic acids is 1. The lowest BCUT2D eigenvalue weighted by molar-refractivity contribution is -0.147. The number of phenols is 1. The third kappa shape index (κ3) is 3.30. The molecule has 1 saturated carbocycles. The Morgan fingerprint density at radius 3 is 2.55 bits per heavy atom. The molecule has 1 aliphatic carbocycles. The molecule has 1 atom stereocenters. The monoisotopic (exact) mass is 341 g/mol. The van der Waals surface area contributed by atoms with Crippen LogP contribution in [0.2, 0.25) is 0 Å². The second-order valence-corrected chi connectivity index (χ2v) is 5.93. The predicted molar refractivity (Wildman–Crippen MR) is 77.5 cm³/mol. The van der Waals surface area contributed by atoms with Gasteiger partial charge in [-0.25, -0.2) is 0 Å². The highest BCUT2D eigenvalue weighted by atomic mass is 79.9. The van der Waals surface area contributed by atoms with E-state index < -0.39 is 17.8 Å². The summed E-state index contributed by atoms with van der Waals surface area (Å²) in [6.07, 6.45) is 3.44. The Bertz CT molecular complexity index is 526. The fraction of sp³-hybridized carbons (Fsp3) is 0.429. The third-order valence-corrected chi connectivity index (χ3v) is 4.13. The van der Waals surface area contributed by atoms with Gasteiger partial charge in [0.15, 0.2) is 0 Å². The van der Waals surface area contributed by atoms with E-state index in [4.69, 9.17) is 0 Å². The third-order valence-electron chi connectivity index (χ3n) is 3.64. The number of hydrogen-bond donors (Lipinski definition) is 3. The van der Waals surface area contributed by atoms with Crippen LogP contribution in [0.4, 0.5) is 5.69 Å². The molecule has 20 heavy (non-hydrogen) atoms. The number of aliphatic carboxylic acids is 1. The van der Waals surface area contributed by atoms with E-state index in [0.717, 1.165) is 25.7 Å². The molecule has 3 N–H and O–H groups in total. The molecule has 0 aromatic heterocycles. The van der Waals surface area contributed by atoms with E-state index in [1.54, 1.807) is 12.1 Å². The van der Waals surface area contributed by atoms with Crippen molar-refractivity contribution in [1.82, 2.24) is 0 Å². The van der Waals surface area contributed by atoms with Gasteiger partial charge in [0.2, 0.25) is 5.91 Å². The number of rotatable bonds is 4. The Hall–Kier alpha value is -1.56. The van der Waals surface area contributed by atoms with E-state index in [1.807, 2.05) is 0 Å². The number of carbonyl (C=O) groups is 2. The van der Waals surface area contributed by atoms with Crippen molar-refractivity contribution in [1.29, 1.82) is 0 Å². The summed E-state index contributed by atoms with van der Waals surface area (Å²) in [7, 11) is 0. The Morgan fingerprint density at radius 2 is 1.95 bits per heavy atom. The molecule has 1 aliphatic rings. The van der Waals surface area contributed by atoms with Crippen LogP contribution in [0.15, 0.2) is 22.7 Å². The first-order valence-electron chi connectivity index (χ1n) is 6.51. The summed E-state index contributed by atoms with van der Waals surface area (Å²) in [6.45, 7) is 0. The van der Waals surface area contributed by atoms with E-state index in [2.05, 4.69) is 21.2 Å². The molecule has 0 spiro atoms. The highest BCUT2D eigenvalue weighted by molar-refractivity contribution is 9.10. The summed E-state index contributed by atoms with van der Waals surface area (Å²) >= 11 is 3.24. The van der Waals surface area contributed by atoms with Crippen LogP contribution in [0.3, 0.4) is 0 Å². The highest BCUT2D eigenvalue weighted by Crippen LogP contribution is 2.33. The highest BCUT2D eigenvalue weighted by Gasteiger charge is 2.36. The summed E-state index contributed by atoms with van der Waals surface area (Å²) < 4.78 is 0.693. The van der Waals surface area contributed by atoms with Gasteiger partial charge in [-0.3, -0.25) is 9.59 Å². The molecule has 0 aliphatic heterocycles. The van der Waals surface area contributed by atoms with Crippen molar-refractivity contribution in [2.75, 3.05) is 5.32 Å². The van der Waals surface area contributed by atoms with E-state index in [9.17, 15) is 19.8 Å². The van der Waals surface area contributed by atoms with Crippen LogP contribution in [0.1, 0.15) is 25.7 Å². The lowest BCUT2D eigenvalue weighted by Gasteiger charge is -2.19. The minimum atomic E-state index is -1.11. The molecule has 0 heterocycles. The number of carboxylic acid groups (broad SMARTS) is 1. The largest absolute Gasteiger partial charge is 0.506 e. The average molecular weight is 342 g/mol. The molecule has 0 bridgehead atoms. The molecule has 5 nitrogen and oxygen atoms in total. The van der Waals surface area contributed by atoms with Crippen LogP contribution in [0.5, 0.6) is 5.75 Å². The first-order valence-corrected chi connectivity index (χ1v) is 7.30. The Kier molecular flexibility index (Phi) is 4.65. The average Bonchev–Trinajstić information content (AvgIpc) is 2.87. The normalized spacial score (nSPS) is 16.9. The lowest BCUT2D eigenvalue weighted by atomic mass is 9.90. The van der Waals surface area contributed by atoms with Gasteiger partial charge in [0.1, 0.15) is 11.7 Å². The zero-order valence-electron chi connectivity index (χ0n) is 10.8. The fourth-order valence-corrected chi connectivity index (χ4v) is 3.00. The Labute approximate surface area is 125 Å². The first-order chi connectivity index (χ1) is 9.49. The molecule has 2 rings (SSSR count). The molecule has 1 unspecified atom stereocenters. The van der Waals surface area contributed by atoms with E-state index >= 15 is 0 Å². The minimum Gasteiger partial charge on any atom is -0.506 e. The second-order valence-electron chi connectivity index (χ2n) is 5.01. The van der Waals surface area contributed by atoms with Gasteiger partial charge in [-0.1, -0.05) is 28.8 Å². The van der Waals surface area contributed by atoms with E-state index in [0.29, 0.717) is 4.47 Å². The summed E-state index contributed by atoms with van der Waals surface area (Å²) in [5, 5.41) is 21.5. The molecule has 1 fully saturated rings. The van der Waals surface area contributed by atoms with Crippen molar-refractivity contribution < 1.29 is 19.8 Å². The van der Waals surface area contributed by atoms with Gasteiger partial charge in [0, 0.05) is 4.47 Å². The number of phenolic OH excluding ortho intramolecular Hbond substituents is 1. The number of benzene rings is 1. The zero-order valence-corrected chi connectivity index (χ0v) is 12.4. The van der Waals surface area contributed by atoms with Crippen molar-refractivity contribution in [3.05, 3.63) is 22.7 Å².